The second-order valence-electron chi connectivity index (χ2n) is 3.89. The Morgan fingerprint density at radius 2 is 1.64 bits per heavy atom. The van der Waals surface area contributed by atoms with Gasteiger partial charge < -0.3 is 0 Å². The fourth-order valence-electron chi connectivity index (χ4n) is 2.36. The van der Waals surface area contributed by atoms with E-state index in [2.05, 4.69) is 13.8 Å². The van der Waals surface area contributed by atoms with Gasteiger partial charge in [0.2, 0.25) is 0 Å². The van der Waals surface area contributed by atoms with E-state index in [0.29, 0.717) is 0 Å². The van der Waals surface area contributed by atoms with E-state index in [1.54, 1.807) is 31.3 Å². The van der Waals surface area contributed by atoms with Gasteiger partial charge in [-0.15, -0.1) is 0 Å². The van der Waals surface area contributed by atoms with Crippen LogP contribution in [0, 0.1) is 0 Å². The average molecular weight is 173 g/mol. The van der Waals surface area contributed by atoms with Crippen LogP contribution in [0.15, 0.2) is 0 Å². The summed E-state index contributed by atoms with van der Waals surface area (Å²) < 4.78 is 0. The molecule has 0 aliphatic carbocycles. The van der Waals surface area contributed by atoms with Gasteiger partial charge in [-0.2, -0.15) is 0 Å². The van der Waals surface area contributed by atoms with E-state index in [-0.39, 0.29) is 7.26 Å². The van der Waals surface area contributed by atoms with E-state index in [1.165, 1.54) is 19.0 Å². The third-order valence-corrected chi connectivity index (χ3v) is 8.40. The van der Waals surface area contributed by atoms with Gasteiger partial charge in [-0.25, -0.2) is 0 Å². The Hall–Kier alpha value is 0.430. The van der Waals surface area contributed by atoms with E-state index in [1.807, 2.05) is 0 Å². The molecular formula is C10H22P+. The Labute approximate surface area is 72.1 Å². The Morgan fingerprint density at radius 3 is 2.09 bits per heavy atom. The minimum atomic E-state index is -0.371. The van der Waals surface area contributed by atoms with Gasteiger partial charge in [-0.05, 0) is 32.6 Å². The molecule has 1 heteroatoms. The van der Waals surface area contributed by atoms with Crippen LogP contribution in [-0.4, -0.2) is 24.6 Å². The van der Waals surface area contributed by atoms with Crippen LogP contribution >= 0.6 is 7.26 Å². The molecule has 11 heavy (non-hydrogen) atoms. The van der Waals surface area contributed by atoms with Crippen LogP contribution in [0.5, 0.6) is 0 Å². The first kappa shape index (κ1) is 9.52. The normalized spacial score (nSPS) is 23.5. The predicted molar refractivity (Wildman–Crippen MR) is 56.2 cm³/mol. The first-order valence-electron chi connectivity index (χ1n) is 5.18. The fourth-order valence-corrected chi connectivity index (χ4v) is 6.71. The summed E-state index contributed by atoms with van der Waals surface area (Å²) in [4.78, 5) is 0. The maximum atomic E-state index is 2.43. The van der Waals surface area contributed by atoms with Crippen molar-refractivity contribution < 1.29 is 0 Å². The van der Waals surface area contributed by atoms with Crippen molar-refractivity contribution in [1.29, 1.82) is 0 Å². The van der Waals surface area contributed by atoms with Crippen molar-refractivity contribution in [2.45, 2.75) is 39.5 Å². The van der Waals surface area contributed by atoms with Crippen molar-refractivity contribution in [3.63, 3.8) is 0 Å². The van der Waals surface area contributed by atoms with Crippen molar-refractivity contribution in [3.8, 4) is 0 Å². The zero-order chi connectivity index (χ0) is 8.16. The lowest BCUT2D eigenvalue weighted by atomic mass is 10.3. The monoisotopic (exact) mass is 173 g/mol. The molecule has 1 rings (SSSR count). The molecule has 0 spiro atoms. The van der Waals surface area contributed by atoms with Crippen LogP contribution in [0.1, 0.15) is 39.5 Å². The van der Waals surface area contributed by atoms with Crippen LogP contribution in [0.4, 0.5) is 0 Å². The first-order chi connectivity index (χ1) is 5.33. The summed E-state index contributed by atoms with van der Waals surface area (Å²) in [6.07, 6.45) is 12.4. The molecule has 1 aliphatic rings. The van der Waals surface area contributed by atoms with Gasteiger partial charge >= 0.3 is 0 Å². The molecule has 0 aromatic heterocycles. The Bertz CT molecular complexity index is 97.9. The van der Waals surface area contributed by atoms with E-state index >= 15 is 0 Å². The highest BCUT2D eigenvalue weighted by molar-refractivity contribution is 7.75. The van der Waals surface area contributed by atoms with Gasteiger partial charge in [0.05, 0.1) is 24.6 Å². The van der Waals surface area contributed by atoms with Crippen molar-refractivity contribution >= 4 is 7.26 Å². The van der Waals surface area contributed by atoms with Crippen LogP contribution in [0.25, 0.3) is 0 Å². The molecule has 1 fully saturated rings. The summed E-state index contributed by atoms with van der Waals surface area (Å²) in [5.41, 5.74) is 0. The molecule has 0 aromatic rings. The summed E-state index contributed by atoms with van der Waals surface area (Å²) in [6, 6.07) is 0. The summed E-state index contributed by atoms with van der Waals surface area (Å²) in [6.45, 7) is 4.78. The number of hydrogen-bond acceptors (Lipinski definition) is 0. The molecule has 1 aliphatic heterocycles. The van der Waals surface area contributed by atoms with E-state index in [4.69, 9.17) is 0 Å². The molecule has 1 saturated heterocycles. The maximum absolute atomic E-state index is 2.43. The van der Waals surface area contributed by atoms with Crippen molar-refractivity contribution in [3.05, 3.63) is 0 Å². The summed E-state index contributed by atoms with van der Waals surface area (Å²) in [7, 11) is -0.371. The minimum absolute atomic E-state index is 0.371. The van der Waals surface area contributed by atoms with E-state index in [9.17, 15) is 0 Å². The molecule has 0 atom stereocenters. The van der Waals surface area contributed by atoms with Crippen LogP contribution in [0.2, 0.25) is 0 Å². The number of rotatable bonds is 3. The quantitative estimate of drug-likeness (QED) is 0.572. The van der Waals surface area contributed by atoms with Crippen molar-refractivity contribution in [2.24, 2.45) is 0 Å². The molecule has 0 amide bonds. The highest BCUT2D eigenvalue weighted by atomic mass is 31.2. The molecule has 1 heterocycles. The third kappa shape index (κ3) is 2.44. The molecule has 0 unspecified atom stereocenters. The lowest BCUT2D eigenvalue weighted by Crippen LogP contribution is -2.14. The standard InChI is InChI=1S/C10H22P/c1-3-8-11(4-2)9-6-5-7-10-11/h3-10H2,1-2H3/q+1. The molecule has 0 saturated carbocycles. The summed E-state index contributed by atoms with van der Waals surface area (Å²) >= 11 is 0. The van der Waals surface area contributed by atoms with Gasteiger partial charge in [-0.3, -0.25) is 0 Å². The maximum Gasteiger partial charge on any atom is 0.0594 e. The molecule has 66 valence electrons. The Morgan fingerprint density at radius 1 is 1.00 bits per heavy atom. The second-order valence-corrected chi connectivity index (χ2v) is 8.55. The second kappa shape index (κ2) is 4.45. The molecule has 0 N–H and O–H groups in total. The SMILES string of the molecule is CCC[P+]1(CC)CCCCC1. The topological polar surface area (TPSA) is 0 Å². The van der Waals surface area contributed by atoms with Gasteiger partial charge in [0.1, 0.15) is 0 Å². The van der Waals surface area contributed by atoms with Crippen molar-refractivity contribution in [2.75, 3.05) is 24.6 Å². The summed E-state index contributed by atoms with van der Waals surface area (Å²) in [5.74, 6) is 0. The Balaban J connectivity index is 2.42. The van der Waals surface area contributed by atoms with Gasteiger partial charge in [0, 0.05) is 7.26 Å². The largest absolute Gasteiger partial charge is 0.0619 e. The summed E-state index contributed by atoms with van der Waals surface area (Å²) in [5, 5.41) is 0. The van der Waals surface area contributed by atoms with Gasteiger partial charge in [0.15, 0.2) is 0 Å². The predicted octanol–water partition coefficient (Wildman–Crippen LogP) is 3.62. The van der Waals surface area contributed by atoms with Crippen LogP contribution in [0.3, 0.4) is 0 Å². The smallest absolute Gasteiger partial charge is 0.0594 e. The van der Waals surface area contributed by atoms with Gasteiger partial charge in [-0.1, -0.05) is 6.92 Å². The highest BCUT2D eigenvalue weighted by Crippen LogP contribution is 2.62. The minimum Gasteiger partial charge on any atom is -0.0619 e. The number of hydrogen-bond donors (Lipinski definition) is 0. The van der Waals surface area contributed by atoms with Crippen LogP contribution in [-0.2, 0) is 0 Å². The Kier molecular flexibility index (Phi) is 3.85. The average Bonchev–Trinajstić information content (AvgIpc) is 2.07. The lowest BCUT2D eigenvalue weighted by molar-refractivity contribution is 0.739. The molecule has 0 aromatic carbocycles. The van der Waals surface area contributed by atoms with E-state index in [0.717, 1.165) is 0 Å². The third-order valence-electron chi connectivity index (χ3n) is 3.13. The lowest BCUT2D eigenvalue weighted by Gasteiger charge is -2.29. The van der Waals surface area contributed by atoms with Crippen molar-refractivity contribution in [1.82, 2.24) is 0 Å². The molecule has 0 nitrogen and oxygen atoms in total. The van der Waals surface area contributed by atoms with Gasteiger partial charge in [0.25, 0.3) is 0 Å². The zero-order valence-electron chi connectivity index (χ0n) is 8.10. The first-order valence-corrected chi connectivity index (χ1v) is 7.71. The van der Waals surface area contributed by atoms with E-state index < -0.39 is 0 Å². The van der Waals surface area contributed by atoms with Crippen LogP contribution < -0.4 is 0 Å². The molecular weight excluding hydrogens is 151 g/mol. The highest BCUT2D eigenvalue weighted by Gasteiger charge is 2.35. The zero-order valence-corrected chi connectivity index (χ0v) is 9.00. The molecule has 0 bridgehead atoms. The molecule has 0 radical (unpaired) electrons. The fraction of sp³-hybridized carbons (Fsp3) is 1.00.